The van der Waals surface area contributed by atoms with Crippen LogP contribution in [0.15, 0.2) is 54.6 Å². The van der Waals surface area contributed by atoms with E-state index in [0.717, 1.165) is 16.7 Å². The second kappa shape index (κ2) is 8.47. The van der Waals surface area contributed by atoms with Crippen LogP contribution in [0, 0.1) is 0 Å². The smallest absolute Gasteiger partial charge is 0.315 e. The fourth-order valence-electron chi connectivity index (χ4n) is 2.32. The maximum absolute atomic E-state index is 11.9. The molecule has 24 heavy (non-hydrogen) atoms. The number of benzene rings is 2. The summed E-state index contributed by atoms with van der Waals surface area (Å²) in [6, 6.07) is 16.8. The summed E-state index contributed by atoms with van der Waals surface area (Å²) in [4.78, 5) is 11.9. The van der Waals surface area contributed by atoms with Crippen LogP contribution in [0.25, 0.3) is 0 Å². The molecule has 2 aromatic rings. The molecule has 0 aliphatic heterocycles. The molecule has 0 saturated carbocycles. The maximum Gasteiger partial charge on any atom is 0.315 e. The van der Waals surface area contributed by atoms with Crippen LogP contribution in [0.1, 0.15) is 23.6 Å². The first kappa shape index (κ1) is 18.0. The Kier molecular flexibility index (Phi) is 6.35. The number of carbonyl (C=O) groups excluding carboxylic acids is 1. The van der Waals surface area contributed by atoms with Crippen LogP contribution >= 0.6 is 0 Å². The van der Waals surface area contributed by atoms with E-state index in [4.69, 9.17) is 4.74 Å². The van der Waals surface area contributed by atoms with Crippen molar-refractivity contribution >= 4 is 6.03 Å². The van der Waals surface area contributed by atoms with Gasteiger partial charge in [-0.25, -0.2) is 4.79 Å². The Balaban J connectivity index is 1.79. The Morgan fingerprint density at radius 2 is 1.67 bits per heavy atom. The zero-order valence-corrected chi connectivity index (χ0v) is 14.1. The molecule has 3 N–H and O–H groups in total. The van der Waals surface area contributed by atoms with Gasteiger partial charge >= 0.3 is 6.03 Å². The number of carbonyl (C=O) groups is 1. The minimum absolute atomic E-state index is 0.135. The van der Waals surface area contributed by atoms with Gasteiger partial charge in [-0.15, -0.1) is 0 Å². The number of ether oxygens (including phenoxy) is 1. The van der Waals surface area contributed by atoms with Gasteiger partial charge < -0.3 is 20.5 Å². The van der Waals surface area contributed by atoms with E-state index in [1.165, 1.54) is 0 Å². The minimum Gasteiger partial charge on any atom is -0.384 e. The van der Waals surface area contributed by atoms with Crippen molar-refractivity contribution in [2.24, 2.45) is 0 Å². The number of nitrogens with one attached hydrogen (secondary N) is 2. The molecule has 0 aliphatic rings. The molecule has 0 spiro atoms. The summed E-state index contributed by atoms with van der Waals surface area (Å²) in [5.41, 5.74) is 1.74. The lowest BCUT2D eigenvalue weighted by Gasteiger charge is -2.24. The highest BCUT2D eigenvalue weighted by Crippen LogP contribution is 2.18. The average molecular weight is 328 g/mol. The van der Waals surface area contributed by atoms with Crippen molar-refractivity contribution < 1.29 is 14.6 Å². The van der Waals surface area contributed by atoms with Gasteiger partial charge in [0.05, 0.1) is 13.2 Å². The van der Waals surface area contributed by atoms with Crippen molar-refractivity contribution in [3.05, 3.63) is 71.3 Å². The van der Waals surface area contributed by atoms with Crippen molar-refractivity contribution in [3.8, 4) is 0 Å². The summed E-state index contributed by atoms with van der Waals surface area (Å²) < 4.78 is 5.06. The summed E-state index contributed by atoms with van der Waals surface area (Å²) in [7, 11) is 1.66. The predicted molar refractivity (Wildman–Crippen MR) is 93.4 cm³/mol. The lowest BCUT2D eigenvalue weighted by Crippen LogP contribution is -2.43. The molecular weight excluding hydrogens is 304 g/mol. The topological polar surface area (TPSA) is 70.6 Å². The molecule has 5 heteroatoms. The first-order valence-corrected chi connectivity index (χ1v) is 7.87. The summed E-state index contributed by atoms with van der Waals surface area (Å²) in [5, 5.41) is 15.9. The van der Waals surface area contributed by atoms with Crippen LogP contribution in [0.4, 0.5) is 4.79 Å². The molecule has 5 nitrogen and oxygen atoms in total. The SMILES string of the molecule is COCc1ccc(CNC(=O)NCC(C)(O)c2ccccc2)cc1. The number of hydrogen-bond donors (Lipinski definition) is 3. The number of amides is 2. The number of rotatable bonds is 7. The molecular formula is C19H24N2O3. The van der Waals surface area contributed by atoms with Crippen molar-refractivity contribution in [1.29, 1.82) is 0 Å². The van der Waals surface area contributed by atoms with E-state index in [2.05, 4.69) is 10.6 Å². The van der Waals surface area contributed by atoms with E-state index >= 15 is 0 Å². The van der Waals surface area contributed by atoms with Gasteiger partial charge in [0.1, 0.15) is 5.60 Å². The molecule has 0 aliphatic carbocycles. The second-order valence-electron chi connectivity index (χ2n) is 5.93. The van der Waals surface area contributed by atoms with Crippen LogP contribution < -0.4 is 10.6 Å². The van der Waals surface area contributed by atoms with Gasteiger partial charge in [0.15, 0.2) is 0 Å². The normalized spacial score (nSPS) is 13.1. The molecule has 2 amide bonds. The van der Waals surface area contributed by atoms with Gasteiger partial charge in [-0.05, 0) is 23.6 Å². The highest BCUT2D eigenvalue weighted by molar-refractivity contribution is 5.73. The van der Waals surface area contributed by atoms with Crippen molar-refractivity contribution in [2.75, 3.05) is 13.7 Å². The standard InChI is InChI=1S/C19H24N2O3/c1-19(23,17-6-4-3-5-7-17)14-21-18(22)20-12-15-8-10-16(11-9-15)13-24-2/h3-11,23H,12-14H2,1-2H3,(H2,20,21,22). The zero-order chi connectivity index (χ0) is 17.4. The van der Waals surface area contributed by atoms with Gasteiger partial charge in [0.2, 0.25) is 0 Å². The molecule has 2 aromatic carbocycles. The highest BCUT2D eigenvalue weighted by atomic mass is 16.5. The van der Waals surface area contributed by atoms with E-state index in [1.54, 1.807) is 14.0 Å². The van der Waals surface area contributed by atoms with Crippen LogP contribution in [0.3, 0.4) is 0 Å². The number of hydrogen-bond acceptors (Lipinski definition) is 3. The van der Waals surface area contributed by atoms with Crippen LogP contribution in [-0.4, -0.2) is 24.8 Å². The number of methoxy groups -OCH3 is 1. The molecule has 1 unspecified atom stereocenters. The molecule has 1 atom stereocenters. The molecule has 128 valence electrons. The Labute approximate surface area is 142 Å². The second-order valence-corrected chi connectivity index (χ2v) is 5.93. The quantitative estimate of drug-likeness (QED) is 0.731. The van der Waals surface area contributed by atoms with Crippen molar-refractivity contribution in [3.63, 3.8) is 0 Å². The third-order valence-corrected chi connectivity index (χ3v) is 3.78. The van der Waals surface area contributed by atoms with Gasteiger partial charge in [-0.3, -0.25) is 0 Å². The summed E-state index contributed by atoms with van der Waals surface area (Å²) in [6.45, 7) is 2.81. The van der Waals surface area contributed by atoms with Gasteiger partial charge in [0.25, 0.3) is 0 Å². The van der Waals surface area contributed by atoms with Crippen LogP contribution in [-0.2, 0) is 23.5 Å². The largest absolute Gasteiger partial charge is 0.384 e. The maximum atomic E-state index is 11.9. The van der Waals surface area contributed by atoms with E-state index in [1.807, 2.05) is 54.6 Å². The van der Waals surface area contributed by atoms with E-state index < -0.39 is 5.60 Å². The van der Waals surface area contributed by atoms with E-state index in [-0.39, 0.29) is 12.6 Å². The lowest BCUT2D eigenvalue weighted by molar-refractivity contribution is 0.0594. The van der Waals surface area contributed by atoms with Gasteiger partial charge in [-0.2, -0.15) is 0 Å². The number of aliphatic hydroxyl groups is 1. The Morgan fingerprint density at radius 3 is 2.29 bits per heavy atom. The van der Waals surface area contributed by atoms with E-state index in [9.17, 15) is 9.90 Å². The summed E-state index contributed by atoms with van der Waals surface area (Å²) in [5.74, 6) is 0. The monoisotopic (exact) mass is 328 g/mol. The third-order valence-electron chi connectivity index (χ3n) is 3.78. The summed E-state index contributed by atoms with van der Waals surface area (Å²) >= 11 is 0. The lowest BCUT2D eigenvalue weighted by atomic mass is 9.96. The first-order valence-electron chi connectivity index (χ1n) is 7.87. The highest BCUT2D eigenvalue weighted by Gasteiger charge is 2.23. The summed E-state index contributed by atoms with van der Waals surface area (Å²) in [6.07, 6.45) is 0. The number of urea groups is 1. The fourth-order valence-corrected chi connectivity index (χ4v) is 2.32. The Hall–Kier alpha value is -2.37. The third kappa shape index (κ3) is 5.37. The molecule has 0 saturated heterocycles. The fraction of sp³-hybridized carbons (Fsp3) is 0.316. The van der Waals surface area contributed by atoms with E-state index in [0.29, 0.717) is 13.2 Å². The minimum atomic E-state index is -1.11. The molecule has 0 heterocycles. The van der Waals surface area contributed by atoms with Crippen molar-refractivity contribution in [1.82, 2.24) is 10.6 Å². The van der Waals surface area contributed by atoms with Crippen LogP contribution in [0.2, 0.25) is 0 Å². The first-order chi connectivity index (χ1) is 11.5. The average Bonchev–Trinajstić information content (AvgIpc) is 2.60. The molecule has 2 rings (SSSR count). The molecule has 0 aromatic heterocycles. The molecule has 0 fully saturated rings. The Morgan fingerprint density at radius 1 is 1.04 bits per heavy atom. The predicted octanol–water partition coefficient (Wildman–Crippen LogP) is 2.54. The van der Waals surface area contributed by atoms with Crippen LogP contribution in [0.5, 0.6) is 0 Å². The molecule has 0 radical (unpaired) electrons. The van der Waals surface area contributed by atoms with Crippen molar-refractivity contribution in [2.45, 2.75) is 25.7 Å². The van der Waals surface area contributed by atoms with Gasteiger partial charge in [-0.1, -0.05) is 54.6 Å². The molecule has 0 bridgehead atoms. The Bertz CT molecular complexity index is 639. The van der Waals surface area contributed by atoms with Gasteiger partial charge in [0, 0.05) is 13.7 Å². The zero-order valence-electron chi connectivity index (χ0n) is 14.1.